The van der Waals surface area contributed by atoms with Crippen LogP contribution in [0.3, 0.4) is 0 Å². The van der Waals surface area contributed by atoms with Crippen molar-refractivity contribution in [2.75, 3.05) is 5.75 Å². The van der Waals surface area contributed by atoms with Crippen LogP contribution in [-0.2, 0) is 21.2 Å². The van der Waals surface area contributed by atoms with Crippen LogP contribution in [0.4, 0.5) is 0 Å². The maximum absolute atomic E-state index is 11.4. The van der Waals surface area contributed by atoms with E-state index in [9.17, 15) is 4.79 Å². The maximum Gasteiger partial charge on any atom is 0.491 e. The van der Waals surface area contributed by atoms with E-state index in [0.717, 1.165) is 16.7 Å². The highest BCUT2D eigenvalue weighted by molar-refractivity contribution is 8.13. The minimum atomic E-state index is -0.452. The molecule has 0 aromatic carbocycles. The van der Waals surface area contributed by atoms with Crippen molar-refractivity contribution in [3.63, 3.8) is 0 Å². The summed E-state index contributed by atoms with van der Waals surface area (Å²) in [5, 5.41) is 4.44. The Labute approximate surface area is 142 Å². The lowest BCUT2D eigenvalue weighted by molar-refractivity contribution is -0.109. The van der Waals surface area contributed by atoms with Gasteiger partial charge < -0.3 is 9.31 Å². The third kappa shape index (κ3) is 4.08. The summed E-state index contributed by atoms with van der Waals surface area (Å²) in [4.78, 5) is 11.4. The largest absolute Gasteiger partial charge is 0.491 e. The summed E-state index contributed by atoms with van der Waals surface area (Å²) in [6.45, 7) is 11.6. The molecule has 0 unspecified atom stereocenters. The minimum absolute atomic E-state index is 0.0790. The predicted octanol–water partition coefficient (Wildman–Crippen LogP) is 3.02. The first-order valence-corrected chi connectivity index (χ1v) is 8.70. The van der Waals surface area contributed by atoms with Crippen LogP contribution in [0.15, 0.2) is 11.7 Å². The SMILES string of the molecule is CC(=O)SCC(=Cc1cn(C)nc1C)B1OC(C)(C)C(C)(C)O1. The van der Waals surface area contributed by atoms with Gasteiger partial charge >= 0.3 is 7.12 Å². The van der Waals surface area contributed by atoms with E-state index >= 15 is 0 Å². The van der Waals surface area contributed by atoms with Gasteiger partial charge in [0.25, 0.3) is 0 Å². The highest BCUT2D eigenvalue weighted by atomic mass is 32.2. The predicted molar refractivity (Wildman–Crippen MR) is 95.1 cm³/mol. The van der Waals surface area contributed by atoms with E-state index in [-0.39, 0.29) is 5.12 Å². The van der Waals surface area contributed by atoms with E-state index in [0.29, 0.717) is 5.75 Å². The van der Waals surface area contributed by atoms with Gasteiger partial charge in [-0.1, -0.05) is 17.8 Å². The lowest BCUT2D eigenvalue weighted by atomic mass is 9.78. The molecule has 0 atom stereocenters. The first-order chi connectivity index (χ1) is 10.5. The third-order valence-corrected chi connectivity index (χ3v) is 5.27. The summed E-state index contributed by atoms with van der Waals surface area (Å²) >= 11 is 1.26. The molecule has 1 fully saturated rings. The number of thioether (sulfide) groups is 1. The normalized spacial score (nSPS) is 20.1. The zero-order valence-electron chi connectivity index (χ0n) is 15.0. The summed E-state index contributed by atoms with van der Waals surface area (Å²) in [6.07, 6.45) is 3.99. The zero-order valence-corrected chi connectivity index (χ0v) is 15.8. The van der Waals surface area contributed by atoms with Crippen LogP contribution in [0.2, 0.25) is 0 Å². The van der Waals surface area contributed by atoms with Crippen molar-refractivity contribution in [3.05, 3.63) is 22.9 Å². The summed E-state index contributed by atoms with van der Waals surface area (Å²) in [6, 6.07) is 0. The summed E-state index contributed by atoms with van der Waals surface area (Å²) in [7, 11) is 1.44. The highest BCUT2D eigenvalue weighted by Gasteiger charge is 2.52. The molecule has 0 saturated carbocycles. The number of aryl methyl sites for hydroxylation is 2. The van der Waals surface area contributed by atoms with Crippen LogP contribution in [0.1, 0.15) is 45.9 Å². The average Bonchev–Trinajstić information content (AvgIpc) is 2.81. The number of aromatic nitrogens is 2. The summed E-state index contributed by atoms with van der Waals surface area (Å²) in [5.74, 6) is 0.542. The van der Waals surface area contributed by atoms with E-state index in [1.165, 1.54) is 11.8 Å². The smallest absolute Gasteiger partial charge is 0.400 e. The number of rotatable bonds is 4. The Balaban J connectivity index is 2.32. The van der Waals surface area contributed by atoms with Crippen molar-refractivity contribution >= 4 is 30.1 Å². The first-order valence-electron chi connectivity index (χ1n) is 7.71. The van der Waals surface area contributed by atoms with Gasteiger partial charge in [-0.05, 0) is 40.1 Å². The van der Waals surface area contributed by atoms with Crippen LogP contribution in [-0.4, -0.2) is 39.0 Å². The Hall–Kier alpha value is -1.05. The number of carbonyl (C=O) groups excluding carboxylic acids is 1. The fourth-order valence-electron chi connectivity index (χ4n) is 2.32. The van der Waals surface area contributed by atoms with Gasteiger partial charge in [0.15, 0.2) is 5.12 Å². The summed E-state index contributed by atoms with van der Waals surface area (Å²) < 4.78 is 14.0. The Bertz CT molecular complexity index is 621. The molecule has 1 aromatic heterocycles. The molecule has 126 valence electrons. The van der Waals surface area contributed by atoms with E-state index < -0.39 is 18.3 Å². The molecular formula is C16H25BN2O3S. The second kappa shape index (κ2) is 6.45. The average molecular weight is 336 g/mol. The van der Waals surface area contributed by atoms with Crippen LogP contribution >= 0.6 is 11.8 Å². The molecule has 0 bridgehead atoms. The van der Waals surface area contributed by atoms with Crippen LogP contribution in [0.25, 0.3) is 6.08 Å². The molecule has 2 rings (SSSR count). The lowest BCUT2D eigenvalue weighted by Crippen LogP contribution is -2.41. The Morgan fingerprint density at radius 3 is 2.35 bits per heavy atom. The topological polar surface area (TPSA) is 53.4 Å². The van der Waals surface area contributed by atoms with Crippen molar-refractivity contribution < 1.29 is 14.1 Å². The van der Waals surface area contributed by atoms with Gasteiger partial charge in [-0.25, -0.2) is 0 Å². The van der Waals surface area contributed by atoms with Gasteiger partial charge in [0.2, 0.25) is 0 Å². The molecule has 0 amide bonds. The fourth-order valence-corrected chi connectivity index (χ4v) is 2.91. The number of hydrogen-bond donors (Lipinski definition) is 0. The second-order valence-corrected chi connectivity index (χ2v) is 8.08. The van der Waals surface area contributed by atoms with Crippen molar-refractivity contribution in [3.8, 4) is 0 Å². The third-order valence-electron chi connectivity index (χ3n) is 4.39. The number of carbonyl (C=O) groups is 1. The molecule has 0 aliphatic carbocycles. The molecule has 2 heterocycles. The van der Waals surface area contributed by atoms with E-state index in [2.05, 4.69) is 5.10 Å². The van der Waals surface area contributed by atoms with E-state index in [4.69, 9.17) is 9.31 Å². The van der Waals surface area contributed by atoms with Crippen LogP contribution in [0.5, 0.6) is 0 Å². The molecule has 0 radical (unpaired) electrons. The molecule has 0 N–H and O–H groups in total. The highest BCUT2D eigenvalue weighted by Crippen LogP contribution is 2.39. The standard InChI is InChI=1S/C16H25BN2O3S/c1-11-13(9-19(7)18-11)8-14(10-23-12(2)20)17-21-15(3,4)16(5,6)22-17/h8-9H,10H2,1-7H3. The fraction of sp³-hybridized carbons (Fsp3) is 0.625. The first kappa shape index (κ1) is 18.3. The van der Waals surface area contributed by atoms with Gasteiger partial charge in [-0.3, -0.25) is 9.48 Å². The molecule has 7 heteroatoms. The molecule has 1 aromatic rings. The zero-order chi connectivity index (χ0) is 17.4. The molecule has 1 aliphatic rings. The van der Waals surface area contributed by atoms with Crippen molar-refractivity contribution in [1.29, 1.82) is 0 Å². The van der Waals surface area contributed by atoms with E-state index in [1.807, 2.05) is 53.9 Å². The van der Waals surface area contributed by atoms with Gasteiger partial charge in [-0.2, -0.15) is 5.10 Å². The monoisotopic (exact) mass is 336 g/mol. The van der Waals surface area contributed by atoms with Gasteiger partial charge in [0, 0.05) is 31.5 Å². The van der Waals surface area contributed by atoms with Crippen molar-refractivity contribution in [2.45, 2.75) is 52.7 Å². The Morgan fingerprint density at radius 1 is 1.35 bits per heavy atom. The van der Waals surface area contributed by atoms with Gasteiger partial charge in [0.1, 0.15) is 0 Å². The van der Waals surface area contributed by atoms with Crippen molar-refractivity contribution in [2.24, 2.45) is 7.05 Å². The van der Waals surface area contributed by atoms with Gasteiger partial charge in [-0.15, -0.1) is 0 Å². The molecule has 1 saturated heterocycles. The maximum atomic E-state index is 11.4. The quantitative estimate of drug-likeness (QED) is 0.791. The summed E-state index contributed by atoms with van der Waals surface area (Å²) in [5.41, 5.74) is 2.10. The van der Waals surface area contributed by atoms with Gasteiger partial charge in [0.05, 0.1) is 16.9 Å². The van der Waals surface area contributed by atoms with E-state index in [1.54, 1.807) is 11.6 Å². The number of nitrogens with zero attached hydrogens (tertiary/aromatic N) is 2. The molecular weight excluding hydrogens is 311 g/mol. The molecule has 5 nitrogen and oxygen atoms in total. The molecule has 23 heavy (non-hydrogen) atoms. The Morgan fingerprint density at radius 2 is 1.91 bits per heavy atom. The number of hydrogen-bond acceptors (Lipinski definition) is 5. The second-order valence-electron chi connectivity index (χ2n) is 6.93. The van der Waals surface area contributed by atoms with Crippen LogP contribution < -0.4 is 0 Å². The Kier molecular flexibility index (Phi) is 5.13. The van der Waals surface area contributed by atoms with Crippen LogP contribution in [0, 0.1) is 6.92 Å². The molecule has 0 spiro atoms. The molecule has 1 aliphatic heterocycles. The lowest BCUT2D eigenvalue weighted by Gasteiger charge is -2.32. The minimum Gasteiger partial charge on any atom is -0.400 e. The van der Waals surface area contributed by atoms with Crippen molar-refractivity contribution in [1.82, 2.24) is 9.78 Å².